The highest BCUT2D eigenvalue weighted by atomic mass is 79.9. The van der Waals surface area contributed by atoms with Gasteiger partial charge in [-0.2, -0.15) is 0 Å². The molecule has 0 unspecified atom stereocenters. The second-order valence-corrected chi connectivity index (χ2v) is 10.8. The number of H-pyrrole nitrogens is 1. The number of nitrogens with one attached hydrogen (secondary N) is 1. The molecule has 0 atom stereocenters. The Kier molecular flexibility index (Phi) is 8.22. The van der Waals surface area contributed by atoms with Gasteiger partial charge in [0.05, 0.1) is 6.54 Å². The number of fused-ring (bicyclic) bond motifs is 1. The fourth-order valence-corrected chi connectivity index (χ4v) is 5.51. The number of carbonyl (C=O) groups excluding carboxylic acids is 2. The normalized spacial score (nSPS) is 17.5. The summed E-state index contributed by atoms with van der Waals surface area (Å²) < 4.78 is 14.6. The number of rotatable bonds is 7. The Labute approximate surface area is 225 Å². The van der Waals surface area contributed by atoms with Crippen LogP contribution in [0, 0.1) is 5.82 Å². The van der Waals surface area contributed by atoms with Gasteiger partial charge < -0.3 is 14.8 Å². The third-order valence-corrected chi connectivity index (χ3v) is 8.01. The van der Waals surface area contributed by atoms with Crippen LogP contribution in [-0.2, 0) is 11.2 Å². The molecular formula is C28H33BrFN5O2. The first-order valence-electron chi connectivity index (χ1n) is 13.0. The lowest BCUT2D eigenvalue weighted by Crippen LogP contribution is -2.54. The van der Waals surface area contributed by atoms with Crippen LogP contribution >= 0.6 is 15.9 Å². The monoisotopic (exact) mass is 569 g/mol. The Morgan fingerprint density at radius 1 is 0.865 bits per heavy atom. The van der Waals surface area contributed by atoms with Crippen LogP contribution in [0.5, 0.6) is 0 Å². The quantitative estimate of drug-likeness (QED) is 0.472. The van der Waals surface area contributed by atoms with Crippen LogP contribution in [0.1, 0.15) is 22.3 Å². The summed E-state index contributed by atoms with van der Waals surface area (Å²) in [4.78, 5) is 37.3. The zero-order valence-electron chi connectivity index (χ0n) is 21.0. The van der Waals surface area contributed by atoms with Crippen LogP contribution in [0.4, 0.5) is 4.39 Å². The van der Waals surface area contributed by atoms with Crippen molar-refractivity contribution >= 4 is 38.6 Å². The molecule has 0 saturated carbocycles. The number of aromatic nitrogens is 1. The molecule has 2 aliphatic rings. The second-order valence-electron chi connectivity index (χ2n) is 9.91. The molecule has 2 fully saturated rings. The molecule has 2 aliphatic heterocycles. The predicted molar refractivity (Wildman–Crippen MR) is 146 cm³/mol. The van der Waals surface area contributed by atoms with Crippen LogP contribution in [0.15, 0.2) is 53.1 Å². The molecule has 0 radical (unpaired) electrons. The van der Waals surface area contributed by atoms with E-state index < -0.39 is 0 Å². The number of hydrogen-bond donors (Lipinski definition) is 1. The summed E-state index contributed by atoms with van der Waals surface area (Å²) in [5.41, 5.74) is 2.82. The number of hydrogen-bond acceptors (Lipinski definition) is 4. The van der Waals surface area contributed by atoms with Gasteiger partial charge in [0.2, 0.25) is 5.91 Å². The first-order chi connectivity index (χ1) is 18.0. The molecule has 2 amide bonds. The van der Waals surface area contributed by atoms with E-state index in [9.17, 15) is 14.0 Å². The van der Waals surface area contributed by atoms with Gasteiger partial charge in [-0.1, -0.05) is 15.9 Å². The topological polar surface area (TPSA) is 62.9 Å². The highest BCUT2D eigenvalue weighted by Gasteiger charge is 2.26. The van der Waals surface area contributed by atoms with Crippen molar-refractivity contribution in [1.82, 2.24) is 24.6 Å². The predicted octanol–water partition coefficient (Wildman–Crippen LogP) is 3.60. The number of aryl methyl sites for hydroxylation is 1. The van der Waals surface area contributed by atoms with Gasteiger partial charge in [-0.05, 0) is 67.4 Å². The zero-order valence-corrected chi connectivity index (χ0v) is 22.6. The smallest absolute Gasteiger partial charge is 0.253 e. The van der Waals surface area contributed by atoms with E-state index in [0.29, 0.717) is 38.3 Å². The Hall–Kier alpha value is -2.75. The van der Waals surface area contributed by atoms with E-state index in [1.807, 2.05) is 40.3 Å². The summed E-state index contributed by atoms with van der Waals surface area (Å²) >= 11 is 3.40. The number of halogens is 2. The van der Waals surface area contributed by atoms with Gasteiger partial charge in [-0.15, -0.1) is 0 Å². The van der Waals surface area contributed by atoms with Gasteiger partial charge >= 0.3 is 0 Å². The van der Waals surface area contributed by atoms with Crippen molar-refractivity contribution in [2.75, 3.05) is 65.4 Å². The van der Waals surface area contributed by atoms with Crippen LogP contribution in [0.2, 0.25) is 0 Å². The second kappa shape index (κ2) is 11.8. The lowest BCUT2D eigenvalue weighted by molar-refractivity contribution is -0.134. The number of nitrogens with zero attached hydrogens (tertiary/aromatic N) is 4. The van der Waals surface area contributed by atoms with Gasteiger partial charge in [0.25, 0.3) is 5.91 Å². The molecule has 1 aromatic heterocycles. The first-order valence-corrected chi connectivity index (χ1v) is 13.8. The molecule has 2 saturated heterocycles. The molecule has 3 aromatic rings. The molecule has 2 aromatic carbocycles. The van der Waals surface area contributed by atoms with E-state index in [1.165, 1.54) is 6.07 Å². The number of benzene rings is 2. The van der Waals surface area contributed by atoms with Crippen molar-refractivity contribution in [3.05, 3.63) is 70.1 Å². The fourth-order valence-electron chi connectivity index (χ4n) is 5.25. The Morgan fingerprint density at radius 2 is 1.54 bits per heavy atom. The lowest BCUT2D eigenvalue weighted by atomic mass is 10.1. The Balaban J connectivity index is 1.01. The zero-order chi connectivity index (χ0) is 25.8. The molecule has 1 N–H and O–H groups in total. The summed E-state index contributed by atoms with van der Waals surface area (Å²) in [6.07, 6.45) is 3.89. The number of carbonyl (C=O) groups is 2. The van der Waals surface area contributed by atoms with Crippen LogP contribution in [-0.4, -0.2) is 102 Å². The standard InChI is InChI=1S/C28H33BrFN5O2/c29-23-5-3-21(4-6-23)28(37)35-16-12-33(13-17-35)20-27(36)34-14-10-32(11-15-34)9-1-2-22-19-31-26-8-7-24(30)18-25(22)26/h3-8,18-19,31H,1-2,9-17,20H2. The van der Waals surface area contributed by atoms with Crippen LogP contribution < -0.4 is 0 Å². The summed E-state index contributed by atoms with van der Waals surface area (Å²) in [5.74, 6) is 0.0184. The van der Waals surface area contributed by atoms with E-state index in [4.69, 9.17) is 0 Å². The van der Waals surface area contributed by atoms with Crippen molar-refractivity contribution in [2.45, 2.75) is 12.8 Å². The largest absolute Gasteiger partial charge is 0.361 e. The van der Waals surface area contributed by atoms with Gasteiger partial charge in [0, 0.05) is 79.5 Å². The van der Waals surface area contributed by atoms with Crippen molar-refractivity contribution < 1.29 is 14.0 Å². The van der Waals surface area contributed by atoms with Gasteiger partial charge in [0.1, 0.15) is 5.82 Å². The van der Waals surface area contributed by atoms with Gasteiger partial charge in [-0.25, -0.2) is 4.39 Å². The highest BCUT2D eigenvalue weighted by Crippen LogP contribution is 2.21. The average Bonchev–Trinajstić information content (AvgIpc) is 3.31. The molecule has 7 nitrogen and oxygen atoms in total. The van der Waals surface area contributed by atoms with Crippen LogP contribution in [0.3, 0.4) is 0 Å². The summed E-state index contributed by atoms with van der Waals surface area (Å²) in [6.45, 7) is 7.34. The molecular weight excluding hydrogens is 537 g/mol. The maximum atomic E-state index is 13.6. The van der Waals surface area contributed by atoms with E-state index in [-0.39, 0.29) is 17.6 Å². The van der Waals surface area contributed by atoms with Crippen molar-refractivity contribution in [3.63, 3.8) is 0 Å². The highest BCUT2D eigenvalue weighted by molar-refractivity contribution is 9.10. The van der Waals surface area contributed by atoms with E-state index in [1.54, 1.807) is 12.1 Å². The maximum absolute atomic E-state index is 13.6. The first kappa shape index (κ1) is 25.9. The number of piperazine rings is 2. The molecule has 9 heteroatoms. The fraction of sp³-hybridized carbons (Fsp3) is 0.429. The minimum absolute atomic E-state index is 0.0476. The SMILES string of the molecule is O=C(CN1CCN(C(=O)c2ccc(Br)cc2)CC1)N1CCN(CCCc2c[nH]c3ccc(F)cc23)CC1. The molecule has 37 heavy (non-hydrogen) atoms. The molecule has 5 rings (SSSR count). The minimum atomic E-state index is -0.203. The summed E-state index contributed by atoms with van der Waals surface area (Å²) in [6, 6.07) is 12.3. The number of amides is 2. The number of aromatic amines is 1. The van der Waals surface area contributed by atoms with E-state index >= 15 is 0 Å². The molecule has 0 aliphatic carbocycles. The Bertz CT molecular complexity index is 1230. The maximum Gasteiger partial charge on any atom is 0.253 e. The van der Waals surface area contributed by atoms with Gasteiger partial charge in [-0.3, -0.25) is 19.4 Å². The van der Waals surface area contributed by atoms with Crippen molar-refractivity contribution in [2.24, 2.45) is 0 Å². The summed E-state index contributed by atoms with van der Waals surface area (Å²) in [5, 5.41) is 0.967. The Morgan fingerprint density at radius 3 is 2.27 bits per heavy atom. The van der Waals surface area contributed by atoms with Crippen LogP contribution in [0.25, 0.3) is 10.9 Å². The van der Waals surface area contributed by atoms with Crippen molar-refractivity contribution in [3.8, 4) is 0 Å². The lowest BCUT2D eigenvalue weighted by Gasteiger charge is -2.38. The average molecular weight is 571 g/mol. The molecule has 0 spiro atoms. The third kappa shape index (κ3) is 6.40. The summed E-state index contributed by atoms with van der Waals surface area (Å²) in [7, 11) is 0. The van der Waals surface area contributed by atoms with E-state index in [0.717, 1.165) is 66.5 Å². The van der Waals surface area contributed by atoms with Crippen molar-refractivity contribution in [1.29, 1.82) is 0 Å². The third-order valence-electron chi connectivity index (χ3n) is 7.48. The van der Waals surface area contributed by atoms with Gasteiger partial charge in [0.15, 0.2) is 0 Å². The minimum Gasteiger partial charge on any atom is -0.361 e. The molecule has 0 bridgehead atoms. The molecule has 196 valence electrons. The molecule has 3 heterocycles. The van der Waals surface area contributed by atoms with E-state index in [2.05, 4.69) is 30.7 Å².